The van der Waals surface area contributed by atoms with Crippen LogP contribution in [0.3, 0.4) is 0 Å². The second kappa shape index (κ2) is 8.03. The second-order valence-corrected chi connectivity index (χ2v) is 13.1. The average molecular weight is 421 g/mol. The van der Waals surface area contributed by atoms with Crippen LogP contribution >= 0.6 is 0 Å². The van der Waals surface area contributed by atoms with E-state index in [9.17, 15) is 15.3 Å². The first-order valence-corrected chi connectivity index (χ1v) is 13.1. The van der Waals surface area contributed by atoms with E-state index in [0.29, 0.717) is 11.3 Å². The lowest BCUT2D eigenvalue weighted by Gasteiger charge is -2.62. The minimum absolute atomic E-state index is 0.222. The molecule has 4 saturated carbocycles. The standard InChI is InChI=1S/C27H48O3/c1-17(7-6-14-25(2,3)30)19-10-11-20-18-8-9-22-24(29)23(28)13-16-27(22,5)21(18)12-15-26(19,20)4/h17-24,28-30H,6-16H2,1-5H3/t17-,18+,19-,20+,21+,22+,23+,24+,26-,27-/m1/s1. The van der Waals surface area contributed by atoms with Crippen LogP contribution in [-0.2, 0) is 0 Å². The van der Waals surface area contributed by atoms with Crippen LogP contribution in [-0.4, -0.2) is 33.1 Å². The molecule has 0 amide bonds. The summed E-state index contributed by atoms with van der Waals surface area (Å²) >= 11 is 0. The highest BCUT2D eigenvalue weighted by Crippen LogP contribution is 2.68. The molecule has 0 unspecified atom stereocenters. The van der Waals surface area contributed by atoms with Gasteiger partial charge in [-0.15, -0.1) is 0 Å². The van der Waals surface area contributed by atoms with Gasteiger partial charge in [0, 0.05) is 0 Å². The molecular formula is C27H48O3. The topological polar surface area (TPSA) is 60.7 Å². The molecule has 4 aliphatic rings. The van der Waals surface area contributed by atoms with Crippen LogP contribution in [0.1, 0.15) is 105 Å². The first kappa shape index (κ1) is 23.1. The normalized spacial score (nSPS) is 49.8. The van der Waals surface area contributed by atoms with E-state index in [4.69, 9.17) is 0 Å². The van der Waals surface area contributed by atoms with Crippen molar-refractivity contribution in [3.05, 3.63) is 0 Å². The summed E-state index contributed by atoms with van der Waals surface area (Å²) in [5, 5.41) is 31.1. The summed E-state index contributed by atoms with van der Waals surface area (Å²) in [5.74, 6) is 4.28. The average Bonchev–Trinajstić information content (AvgIpc) is 3.01. The summed E-state index contributed by atoms with van der Waals surface area (Å²) in [6.45, 7) is 11.4. The zero-order valence-corrected chi connectivity index (χ0v) is 20.2. The Bertz CT molecular complexity index is 612. The van der Waals surface area contributed by atoms with Crippen molar-refractivity contribution in [1.82, 2.24) is 0 Å². The van der Waals surface area contributed by atoms with E-state index in [1.54, 1.807) is 0 Å². The first-order valence-electron chi connectivity index (χ1n) is 13.1. The smallest absolute Gasteiger partial charge is 0.0832 e. The van der Waals surface area contributed by atoms with Gasteiger partial charge in [0.1, 0.15) is 0 Å². The van der Waals surface area contributed by atoms with E-state index in [1.165, 1.54) is 38.5 Å². The van der Waals surface area contributed by atoms with E-state index in [1.807, 2.05) is 13.8 Å². The highest BCUT2D eigenvalue weighted by molar-refractivity contribution is 5.11. The Kier molecular flexibility index (Phi) is 6.17. The van der Waals surface area contributed by atoms with Crippen molar-refractivity contribution in [2.24, 2.45) is 46.3 Å². The Balaban J connectivity index is 1.46. The predicted molar refractivity (Wildman–Crippen MR) is 122 cm³/mol. The van der Waals surface area contributed by atoms with Gasteiger partial charge in [-0.3, -0.25) is 0 Å². The Morgan fingerprint density at radius 3 is 2.20 bits per heavy atom. The van der Waals surface area contributed by atoms with Gasteiger partial charge in [0.05, 0.1) is 17.8 Å². The molecule has 0 aromatic heterocycles. The fourth-order valence-electron chi connectivity index (χ4n) is 9.35. The summed E-state index contributed by atoms with van der Waals surface area (Å²) in [4.78, 5) is 0. The molecule has 0 heterocycles. The van der Waals surface area contributed by atoms with Gasteiger partial charge < -0.3 is 15.3 Å². The van der Waals surface area contributed by atoms with E-state index in [2.05, 4.69) is 20.8 Å². The lowest BCUT2D eigenvalue weighted by molar-refractivity contribution is -0.174. The molecule has 4 rings (SSSR count). The molecule has 30 heavy (non-hydrogen) atoms. The first-order chi connectivity index (χ1) is 14.0. The van der Waals surface area contributed by atoms with E-state index >= 15 is 0 Å². The highest BCUT2D eigenvalue weighted by atomic mass is 16.3. The van der Waals surface area contributed by atoms with Gasteiger partial charge in [0.25, 0.3) is 0 Å². The summed E-state index contributed by atoms with van der Waals surface area (Å²) in [5.41, 5.74) is 0.163. The number of aliphatic hydroxyl groups excluding tert-OH is 2. The summed E-state index contributed by atoms with van der Waals surface area (Å²) in [6.07, 6.45) is 12.0. The fourth-order valence-corrected chi connectivity index (χ4v) is 9.35. The van der Waals surface area contributed by atoms with Crippen molar-refractivity contribution >= 4 is 0 Å². The summed E-state index contributed by atoms with van der Waals surface area (Å²) in [7, 11) is 0. The molecule has 3 N–H and O–H groups in total. The molecule has 10 atom stereocenters. The molecule has 3 heteroatoms. The van der Waals surface area contributed by atoms with Gasteiger partial charge in [-0.25, -0.2) is 0 Å². The molecule has 0 aliphatic heterocycles. The maximum atomic E-state index is 10.8. The van der Waals surface area contributed by atoms with Crippen molar-refractivity contribution < 1.29 is 15.3 Å². The molecule has 0 saturated heterocycles. The van der Waals surface area contributed by atoms with Gasteiger partial charge in [-0.05, 0) is 118 Å². The predicted octanol–water partition coefficient (Wildman–Crippen LogP) is 5.55. The third-order valence-electron chi connectivity index (χ3n) is 10.9. The minimum Gasteiger partial charge on any atom is -0.390 e. The lowest BCUT2D eigenvalue weighted by atomic mass is 9.44. The van der Waals surface area contributed by atoms with Gasteiger partial charge >= 0.3 is 0 Å². The van der Waals surface area contributed by atoms with Crippen LogP contribution in [0.2, 0.25) is 0 Å². The van der Waals surface area contributed by atoms with Crippen molar-refractivity contribution in [2.45, 2.75) is 123 Å². The largest absolute Gasteiger partial charge is 0.390 e. The number of hydrogen-bond donors (Lipinski definition) is 3. The molecular weight excluding hydrogens is 372 g/mol. The van der Waals surface area contributed by atoms with Crippen LogP contribution in [0.5, 0.6) is 0 Å². The number of rotatable bonds is 5. The molecule has 0 radical (unpaired) electrons. The Labute approximate surface area is 185 Å². The summed E-state index contributed by atoms with van der Waals surface area (Å²) in [6, 6.07) is 0. The monoisotopic (exact) mass is 420 g/mol. The Morgan fingerprint density at radius 2 is 1.50 bits per heavy atom. The SMILES string of the molecule is C[C@H](CCCC(C)(C)O)[C@H]1CC[C@H]2[C@@H]3CC[C@H]4[C@H](O)[C@@H](O)CC[C@]4(C)[C@H]3CC[C@]12C. The third kappa shape index (κ3) is 3.79. The van der Waals surface area contributed by atoms with Gasteiger partial charge in [0.15, 0.2) is 0 Å². The van der Waals surface area contributed by atoms with Crippen molar-refractivity contribution in [3.8, 4) is 0 Å². The van der Waals surface area contributed by atoms with Crippen molar-refractivity contribution in [3.63, 3.8) is 0 Å². The van der Waals surface area contributed by atoms with Crippen LogP contribution in [0, 0.1) is 46.3 Å². The third-order valence-corrected chi connectivity index (χ3v) is 10.9. The highest BCUT2D eigenvalue weighted by Gasteiger charge is 2.61. The zero-order chi connectivity index (χ0) is 21.9. The summed E-state index contributed by atoms with van der Waals surface area (Å²) < 4.78 is 0. The van der Waals surface area contributed by atoms with Gasteiger partial charge in [0.2, 0.25) is 0 Å². The van der Waals surface area contributed by atoms with E-state index < -0.39 is 17.8 Å². The van der Waals surface area contributed by atoms with Crippen LogP contribution in [0.15, 0.2) is 0 Å². The fraction of sp³-hybridized carbons (Fsp3) is 1.00. The number of aliphatic hydroxyl groups is 3. The minimum atomic E-state index is -0.536. The quantitative estimate of drug-likeness (QED) is 0.546. The van der Waals surface area contributed by atoms with Crippen molar-refractivity contribution in [2.75, 3.05) is 0 Å². The van der Waals surface area contributed by atoms with Crippen molar-refractivity contribution in [1.29, 1.82) is 0 Å². The maximum Gasteiger partial charge on any atom is 0.0832 e. The molecule has 174 valence electrons. The molecule has 0 aromatic carbocycles. The zero-order valence-electron chi connectivity index (χ0n) is 20.2. The molecule has 0 spiro atoms. The lowest BCUT2D eigenvalue weighted by Crippen LogP contribution is -2.58. The molecule has 0 bridgehead atoms. The molecule has 0 aromatic rings. The second-order valence-electron chi connectivity index (χ2n) is 13.1. The van der Waals surface area contributed by atoms with Gasteiger partial charge in [-0.2, -0.15) is 0 Å². The van der Waals surface area contributed by atoms with Gasteiger partial charge in [-0.1, -0.05) is 33.6 Å². The number of fused-ring (bicyclic) bond motifs is 5. The maximum absolute atomic E-state index is 10.8. The van der Waals surface area contributed by atoms with Crippen LogP contribution in [0.4, 0.5) is 0 Å². The molecule has 3 nitrogen and oxygen atoms in total. The molecule has 4 aliphatic carbocycles. The number of hydrogen-bond acceptors (Lipinski definition) is 3. The Morgan fingerprint density at radius 1 is 0.867 bits per heavy atom. The van der Waals surface area contributed by atoms with Crippen LogP contribution < -0.4 is 0 Å². The van der Waals surface area contributed by atoms with E-state index in [0.717, 1.165) is 61.7 Å². The Hall–Kier alpha value is -0.120. The van der Waals surface area contributed by atoms with E-state index in [-0.39, 0.29) is 5.41 Å². The molecule has 4 fully saturated rings. The van der Waals surface area contributed by atoms with Crippen LogP contribution in [0.25, 0.3) is 0 Å².